The van der Waals surface area contributed by atoms with Crippen LogP contribution in [0.15, 0.2) is 4.99 Å². The number of hydrogen-bond donors (Lipinski definition) is 1. The van der Waals surface area contributed by atoms with Crippen LogP contribution < -0.4 is 5.32 Å². The van der Waals surface area contributed by atoms with Gasteiger partial charge in [-0.25, -0.2) is 0 Å². The van der Waals surface area contributed by atoms with Crippen LogP contribution in [0.25, 0.3) is 0 Å². The lowest BCUT2D eigenvalue weighted by Crippen LogP contribution is -2.37. The zero-order valence-corrected chi connectivity index (χ0v) is 10.6. The van der Waals surface area contributed by atoms with Gasteiger partial charge in [0.05, 0.1) is 6.04 Å². The molecular weight excluding hydrogens is 204 g/mol. The van der Waals surface area contributed by atoms with Gasteiger partial charge in [0.2, 0.25) is 0 Å². The summed E-state index contributed by atoms with van der Waals surface area (Å²) in [4.78, 5) is 4.81. The Bertz CT molecular complexity index is 240. The minimum atomic E-state index is 0.649. The van der Waals surface area contributed by atoms with E-state index in [1.165, 1.54) is 43.0 Å². The quantitative estimate of drug-likeness (QED) is 0.797. The summed E-state index contributed by atoms with van der Waals surface area (Å²) < 4.78 is 0. The molecule has 1 heterocycles. The Morgan fingerprint density at radius 2 is 2.33 bits per heavy atom. The Labute approximate surface area is 97.3 Å². The predicted octanol–water partition coefficient (Wildman–Crippen LogP) is 3.04. The minimum Gasteiger partial charge on any atom is -0.362 e. The van der Waals surface area contributed by atoms with Crippen LogP contribution in [0.3, 0.4) is 0 Å². The molecule has 2 nitrogen and oxygen atoms in total. The first-order valence-electron chi connectivity index (χ1n) is 6.30. The highest BCUT2D eigenvalue weighted by Crippen LogP contribution is 2.38. The van der Waals surface area contributed by atoms with E-state index in [0.717, 1.165) is 5.92 Å². The average Bonchev–Trinajstić information content (AvgIpc) is 2.97. The molecule has 1 N–H and O–H groups in total. The van der Waals surface area contributed by atoms with Gasteiger partial charge < -0.3 is 5.32 Å². The van der Waals surface area contributed by atoms with Gasteiger partial charge in [-0.2, -0.15) is 0 Å². The molecule has 0 aromatic carbocycles. The largest absolute Gasteiger partial charge is 0.362 e. The highest BCUT2D eigenvalue weighted by atomic mass is 32.2. The number of nitrogens with one attached hydrogen (secondary N) is 1. The molecule has 0 bridgehead atoms. The van der Waals surface area contributed by atoms with E-state index in [9.17, 15) is 0 Å². The van der Waals surface area contributed by atoms with E-state index in [-0.39, 0.29) is 0 Å². The molecule has 0 aromatic rings. The number of aliphatic imine (C=N–C) groups is 1. The fourth-order valence-electron chi connectivity index (χ4n) is 2.19. The van der Waals surface area contributed by atoms with Gasteiger partial charge in [0.15, 0.2) is 5.17 Å². The zero-order valence-electron chi connectivity index (χ0n) is 9.83. The van der Waals surface area contributed by atoms with Crippen LogP contribution in [0, 0.1) is 5.92 Å². The van der Waals surface area contributed by atoms with Crippen molar-refractivity contribution in [1.29, 1.82) is 0 Å². The summed E-state index contributed by atoms with van der Waals surface area (Å²) in [7, 11) is 0. The number of nitrogens with zero attached hydrogens (tertiary/aromatic N) is 1. The summed E-state index contributed by atoms with van der Waals surface area (Å²) >= 11 is 1.91. The molecule has 1 aliphatic carbocycles. The Morgan fingerprint density at radius 1 is 1.47 bits per heavy atom. The van der Waals surface area contributed by atoms with Gasteiger partial charge in [-0.05, 0) is 31.6 Å². The molecule has 0 amide bonds. The van der Waals surface area contributed by atoms with Crippen molar-refractivity contribution in [2.75, 3.05) is 5.75 Å². The van der Waals surface area contributed by atoms with Gasteiger partial charge in [-0.3, -0.25) is 4.99 Å². The minimum absolute atomic E-state index is 0.649. The van der Waals surface area contributed by atoms with Crippen molar-refractivity contribution >= 4 is 16.9 Å². The second-order valence-electron chi connectivity index (χ2n) is 4.67. The van der Waals surface area contributed by atoms with Crippen molar-refractivity contribution in [3.05, 3.63) is 0 Å². The van der Waals surface area contributed by atoms with E-state index in [0.29, 0.717) is 12.1 Å². The van der Waals surface area contributed by atoms with E-state index >= 15 is 0 Å². The Kier molecular flexibility index (Phi) is 3.95. The van der Waals surface area contributed by atoms with Crippen molar-refractivity contribution in [3.8, 4) is 0 Å². The zero-order chi connectivity index (χ0) is 10.7. The highest BCUT2D eigenvalue weighted by molar-refractivity contribution is 8.13. The summed E-state index contributed by atoms with van der Waals surface area (Å²) in [5, 5.41) is 4.77. The summed E-state index contributed by atoms with van der Waals surface area (Å²) in [5.41, 5.74) is 0. The summed E-state index contributed by atoms with van der Waals surface area (Å²) in [6.07, 6.45) is 6.52. The highest BCUT2D eigenvalue weighted by Gasteiger charge is 2.36. The normalized spacial score (nSPS) is 37.7. The molecule has 3 atom stereocenters. The van der Waals surface area contributed by atoms with Crippen LogP contribution >= 0.6 is 11.8 Å². The van der Waals surface area contributed by atoms with Crippen LogP contribution in [-0.2, 0) is 0 Å². The molecule has 86 valence electrons. The van der Waals surface area contributed by atoms with Gasteiger partial charge in [-0.1, -0.05) is 32.0 Å². The Balaban J connectivity index is 1.80. The van der Waals surface area contributed by atoms with Gasteiger partial charge in [0.25, 0.3) is 0 Å². The molecule has 0 aromatic heterocycles. The van der Waals surface area contributed by atoms with Crippen LogP contribution in [-0.4, -0.2) is 23.0 Å². The van der Waals surface area contributed by atoms with Crippen LogP contribution in [0.1, 0.15) is 46.0 Å². The van der Waals surface area contributed by atoms with Crippen molar-refractivity contribution < 1.29 is 0 Å². The molecular formula is C12H22N2S. The first kappa shape index (κ1) is 11.3. The Hall–Kier alpha value is -0.180. The summed E-state index contributed by atoms with van der Waals surface area (Å²) in [5.74, 6) is 2.14. The lowest BCUT2D eigenvalue weighted by molar-refractivity contribution is 0.569. The molecule has 15 heavy (non-hydrogen) atoms. The van der Waals surface area contributed by atoms with Crippen LogP contribution in [0.4, 0.5) is 0 Å². The lowest BCUT2D eigenvalue weighted by atomic mass is 10.2. The van der Waals surface area contributed by atoms with Crippen LogP contribution in [0.5, 0.6) is 0 Å². The maximum Gasteiger partial charge on any atom is 0.157 e. The third-order valence-electron chi connectivity index (χ3n) is 3.35. The molecule has 3 unspecified atom stereocenters. The number of amidine groups is 1. The second-order valence-corrected chi connectivity index (χ2v) is 5.76. The molecule has 1 saturated heterocycles. The van der Waals surface area contributed by atoms with Crippen molar-refractivity contribution in [2.45, 2.75) is 58.0 Å². The molecule has 0 radical (unpaired) electrons. The third-order valence-corrected chi connectivity index (χ3v) is 4.29. The molecule has 2 fully saturated rings. The summed E-state index contributed by atoms with van der Waals surface area (Å²) in [6.45, 7) is 4.52. The van der Waals surface area contributed by atoms with Gasteiger partial charge in [0.1, 0.15) is 0 Å². The lowest BCUT2D eigenvalue weighted by Gasteiger charge is -2.24. The van der Waals surface area contributed by atoms with E-state index in [4.69, 9.17) is 4.99 Å². The van der Waals surface area contributed by atoms with E-state index in [1.807, 2.05) is 11.8 Å². The smallest absolute Gasteiger partial charge is 0.157 e. The first-order valence-corrected chi connectivity index (χ1v) is 7.29. The number of thioether (sulfide) groups is 1. The first-order chi connectivity index (χ1) is 7.33. The molecule has 3 heteroatoms. The number of hydrogen-bond acceptors (Lipinski definition) is 2. The fraction of sp³-hybridized carbons (Fsp3) is 0.917. The summed E-state index contributed by atoms with van der Waals surface area (Å²) in [6, 6.07) is 1.32. The fourth-order valence-corrected chi connectivity index (χ4v) is 3.24. The maximum atomic E-state index is 4.81. The van der Waals surface area contributed by atoms with Crippen LogP contribution in [0.2, 0.25) is 0 Å². The number of rotatable bonds is 4. The van der Waals surface area contributed by atoms with Gasteiger partial charge >= 0.3 is 0 Å². The maximum absolute atomic E-state index is 4.81. The topological polar surface area (TPSA) is 24.4 Å². The molecule has 1 aliphatic heterocycles. The van der Waals surface area contributed by atoms with E-state index < -0.39 is 0 Å². The standard InChI is InChI=1S/C12H22N2S/c1-3-5-9-8-11(9)14-12-13-10(4-2)6-7-15-12/h9-11H,3-8H2,1-2H3,(H,13,14). The Morgan fingerprint density at radius 3 is 3.07 bits per heavy atom. The predicted molar refractivity (Wildman–Crippen MR) is 68.5 cm³/mol. The molecule has 2 aliphatic rings. The molecule has 2 rings (SSSR count). The monoisotopic (exact) mass is 226 g/mol. The third kappa shape index (κ3) is 3.13. The molecule has 1 saturated carbocycles. The van der Waals surface area contributed by atoms with E-state index in [1.54, 1.807) is 0 Å². The van der Waals surface area contributed by atoms with Gasteiger partial charge in [0, 0.05) is 11.8 Å². The second kappa shape index (κ2) is 5.24. The van der Waals surface area contributed by atoms with E-state index in [2.05, 4.69) is 19.2 Å². The molecule has 0 spiro atoms. The SMILES string of the molecule is CCCC1CC1N=C1NC(CC)CCS1. The van der Waals surface area contributed by atoms with Crippen molar-refractivity contribution in [3.63, 3.8) is 0 Å². The van der Waals surface area contributed by atoms with Crippen molar-refractivity contribution in [1.82, 2.24) is 5.32 Å². The van der Waals surface area contributed by atoms with Crippen molar-refractivity contribution in [2.24, 2.45) is 10.9 Å². The average molecular weight is 226 g/mol. The van der Waals surface area contributed by atoms with Gasteiger partial charge in [-0.15, -0.1) is 0 Å².